The van der Waals surface area contributed by atoms with E-state index < -0.39 is 0 Å². The molecule has 2 N–H and O–H groups in total. The minimum Gasteiger partial charge on any atom is -0.375 e. The molecule has 0 saturated carbocycles. The monoisotopic (exact) mass is 263 g/mol. The van der Waals surface area contributed by atoms with Crippen molar-refractivity contribution in [1.82, 2.24) is 19.9 Å². The summed E-state index contributed by atoms with van der Waals surface area (Å²) in [6.45, 7) is 3.78. The van der Waals surface area contributed by atoms with Gasteiger partial charge in [-0.1, -0.05) is 0 Å². The van der Waals surface area contributed by atoms with E-state index in [1.165, 1.54) is 0 Å². The third kappa shape index (κ3) is 2.50. The van der Waals surface area contributed by atoms with Crippen molar-refractivity contribution >= 4 is 17.4 Å². The van der Waals surface area contributed by atoms with Gasteiger partial charge in [0.05, 0.1) is 29.4 Å². The van der Waals surface area contributed by atoms with E-state index in [2.05, 4.69) is 20.7 Å². The van der Waals surface area contributed by atoms with Crippen LogP contribution < -0.4 is 10.6 Å². The summed E-state index contributed by atoms with van der Waals surface area (Å²) in [7, 11) is 3.16. The van der Waals surface area contributed by atoms with Crippen LogP contribution in [0.15, 0.2) is 12.3 Å². The highest BCUT2D eigenvalue weighted by Crippen LogP contribution is 2.25. The fourth-order valence-corrected chi connectivity index (χ4v) is 1.85. The van der Waals surface area contributed by atoms with Crippen LogP contribution in [-0.2, 0) is 4.74 Å². The number of aryl methyl sites for hydroxylation is 1. The summed E-state index contributed by atoms with van der Waals surface area (Å²) in [5.41, 5.74) is 2.90. The highest BCUT2D eigenvalue weighted by molar-refractivity contribution is 5.89. The number of rotatable bonds is 3. The molecule has 0 saturated heterocycles. The molecule has 0 aromatic carbocycles. The SMILES string of the molecule is CNC(=O)Nc1cnc2cc(C)nn2c1[C@H](C)OC. The highest BCUT2D eigenvalue weighted by Gasteiger charge is 2.18. The molecule has 0 fully saturated rings. The van der Waals surface area contributed by atoms with Crippen LogP contribution in [0.4, 0.5) is 10.5 Å². The first-order chi connectivity index (χ1) is 9.06. The second kappa shape index (κ2) is 5.23. The van der Waals surface area contributed by atoms with E-state index in [0.717, 1.165) is 17.0 Å². The van der Waals surface area contributed by atoms with Gasteiger partial charge < -0.3 is 15.4 Å². The molecule has 2 aromatic rings. The van der Waals surface area contributed by atoms with E-state index in [0.29, 0.717) is 5.69 Å². The van der Waals surface area contributed by atoms with Crippen LogP contribution in [0.1, 0.15) is 24.4 Å². The zero-order chi connectivity index (χ0) is 14.0. The van der Waals surface area contributed by atoms with E-state index in [1.807, 2.05) is 19.9 Å². The summed E-state index contributed by atoms with van der Waals surface area (Å²) >= 11 is 0. The van der Waals surface area contributed by atoms with E-state index in [1.54, 1.807) is 24.9 Å². The number of hydrogen-bond donors (Lipinski definition) is 2. The lowest BCUT2D eigenvalue weighted by molar-refractivity contribution is 0.114. The number of methoxy groups -OCH3 is 1. The molecule has 0 aliphatic carbocycles. The van der Waals surface area contributed by atoms with Crippen LogP contribution in [-0.4, -0.2) is 34.8 Å². The average Bonchev–Trinajstić information content (AvgIpc) is 2.77. The zero-order valence-corrected chi connectivity index (χ0v) is 11.4. The van der Waals surface area contributed by atoms with Gasteiger partial charge in [-0.3, -0.25) is 0 Å². The Bertz CT molecular complexity index is 607. The zero-order valence-electron chi connectivity index (χ0n) is 11.4. The van der Waals surface area contributed by atoms with Crippen LogP contribution >= 0.6 is 0 Å². The van der Waals surface area contributed by atoms with Crippen LogP contribution in [0, 0.1) is 6.92 Å². The lowest BCUT2D eigenvalue weighted by Gasteiger charge is -2.16. The van der Waals surface area contributed by atoms with Gasteiger partial charge in [0.25, 0.3) is 0 Å². The third-order valence-corrected chi connectivity index (χ3v) is 2.86. The molecule has 7 nitrogen and oxygen atoms in total. The number of amides is 2. The Morgan fingerprint density at radius 2 is 2.26 bits per heavy atom. The Labute approximate surface area is 111 Å². The normalized spacial score (nSPS) is 12.4. The lowest BCUT2D eigenvalue weighted by Crippen LogP contribution is -2.26. The molecule has 0 aliphatic rings. The first-order valence-electron chi connectivity index (χ1n) is 5.93. The van der Waals surface area contributed by atoms with Crippen LogP contribution in [0.5, 0.6) is 0 Å². The summed E-state index contributed by atoms with van der Waals surface area (Å²) in [5, 5.41) is 9.60. The van der Waals surface area contributed by atoms with Crippen molar-refractivity contribution in [2.45, 2.75) is 20.0 Å². The predicted molar refractivity (Wildman–Crippen MR) is 71.2 cm³/mol. The number of fused-ring (bicyclic) bond motifs is 1. The van der Waals surface area contributed by atoms with Gasteiger partial charge in [-0.05, 0) is 13.8 Å². The molecule has 0 spiro atoms. The van der Waals surface area contributed by atoms with Gasteiger partial charge in [-0.2, -0.15) is 5.10 Å². The molecule has 2 amide bonds. The van der Waals surface area contributed by atoms with Gasteiger partial charge >= 0.3 is 6.03 Å². The summed E-state index contributed by atoms with van der Waals surface area (Å²) in [4.78, 5) is 15.7. The first-order valence-corrected chi connectivity index (χ1v) is 5.93. The molecule has 1 atom stereocenters. The molecule has 7 heteroatoms. The molecule has 19 heavy (non-hydrogen) atoms. The van der Waals surface area contributed by atoms with Gasteiger partial charge in [0.1, 0.15) is 0 Å². The Morgan fingerprint density at radius 3 is 2.89 bits per heavy atom. The van der Waals surface area contributed by atoms with Gasteiger partial charge in [0.15, 0.2) is 5.65 Å². The number of carbonyl (C=O) groups excluding carboxylic acids is 1. The minimum absolute atomic E-state index is 0.225. The maximum atomic E-state index is 11.5. The molecule has 0 bridgehead atoms. The summed E-state index contributed by atoms with van der Waals surface area (Å²) < 4.78 is 7.04. The van der Waals surface area contributed by atoms with Crippen molar-refractivity contribution < 1.29 is 9.53 Å². The smallest absolute Gasteiger partial charge is 0.319 e. The number of ether oxygens (including phenoxy) is 1. The fraction of sp³-hybridized carbons (Fsp3) is 0.417. The standard InChI is InChI=1S/C12H17N5O2/c1-7-5-10-14-6-9(15-12(18)13-3)11(8(2)19-4)17(10)16-7/h5-6,8H,1-4H3,(H2,13,15,18)/t8-/m0/s1. The van der Waals surface area contributed by atoms with Crippen LogP contribution in [0.2, 0.25) is 0 Å². The van der Waals surface area contributed by atoms with Crippen molar-refractivity contribution in [3.8, 4) is 0 Å². The van der Waals surface area contributed by atoms with Gasteiger partial charge in [0.2, 0.25) is 0 Å². The second-order valence-corrected chi connectivity index (χ2v) is 4.19. The molecule has 2 aromatic heterocycles. The highest BCUT2D eigenvalue weighted by atomic mass is 16.5. The molecule has 0 aliphatic heterocycles. The number of aromatic nitrogens is 3. The van der Waals surface area contributed by atoms with Crippen LogP contribution in [0.3, 0.4) is 0 Å². The lowest BCUT2D eigenvalue weighted by atomic mass is 10.2. The van der Waals surface area contributed by atoms with Gasteiger partial charge in [-0.25, -0.2) is 14.3 Å². The summed E-state index contributed by atoms with van der Waals surface area (Å²) in [6.07, 6.45) is 1.38. The number of hydrogen-bond acceptors (Lipinski definition) is 4. The van der Waals surface area contributed by atoms with E-state index >= 15 is 0 Å². The van der Waals surface area contributed by atoms with Gasteiger partial charge in [-0.15, -0.1) is 0 Å². The number of anilines is 1. The minimum atomic E-state index is -0.311. The van der Waals surface area contributed by atoms with Gasteiger partial charge in [0, 0.05) is 20.2 Å². The number of nitrogens with one attached hydrogen (secondary N) is 2. The van der Waals surface area contributed by atoms with E-state index in [9.17, 15) is 4.79 Å². The van der Waals surface area contributed by atoms with Crippen molar-refractivity contribution in [2.75, 3.05) is 19.5 Å². The molecular formula is C12H17N5O2. The molecule has 0 radical (unpaired) electrons. The Morgan fingerprint density at radius 1 is 1.53 bits per heavy atom. The van der Waals surface area contributed by atoms with Crippen molar-refractivity contribution in [1.29, 1.82) is 0 Å². The fourth-order valence-electron chi connectivity index (χ4n) is 1.85. The summed E-state index contributed by atoms with van der Waals surface area (Å²) in [5.74, 6) is 0. The maximum Gasteiger partial charge on any atom is 0.319 e. The molecule has 102 valence electrons. The number of nitrogens with zero attached hydrogens (tertiary/aromatic N) is 3. The van der Waals surface area contributed by atoms with E-state index in [4.69, 9.17) is 4.74 Å². The topological polar surface area (TPSA) is 80.5 Å². The molecule has 2 rings (SSSR count). The van der Waals surface area contributed by atoms with Crippen LogP contribution in [0.25, 0.3) is 5.65 Å². The Balaban J connectivity index is 2.58. The van der Waals surface area contributed by atoms with E-state index in [-0.39, 0.29) is 12.1 Å². The number of carbonyl (C=O) groups is 1. The van der Waals surface area contributed by atoms with Crippen molar-refractivity contribution in [2.24, 2.45) is 0 Å². The Kier molecular flexibility index (Phi) is 3.66. The maximum absolute atomic E-state index is 11.5. The quantitative estimate of drug-likeness (QED) is 0.879. The largest absolute Gasteiger partial charge is 0.375 e. The molecule has 2 heterocycles. The molecular weight excluding hydrogens is 246 g/mol. The Hall–Kier alpha value is -2.15. The second-order valence-electron chi connectivity index (χ2n) is 4.19. The molecule has 0 unspecified atom stereocenters. The number of urea groups is 1. The third-order valence-electron chi connectivity index (χ3n) is 2.86. The van der Waals surface area contributed by atoms with Crippen molar-refractivity contribution in [3.05, 3.63) is 23.7 Å². The first kappa shape index (κ1) is 13.3. The average molecular weight is 263 g/mol. The summed E-state index contributed by atoms with van der Waals surface area (Å²) in [6, 6.07) is 1.56. The predicted octanol–water partition coefficient (Wildman–Crippen LogP) is 1.50. The van der Waals surface area contributed by atoms with Crippen molar-refractivity contribution in [3.63, 3.8) is 0 Å².